The lowest BCUT2D eigenvalue weighted by molar-refractivity contribution is -0.143. The number of anilines is 2. The molecule has 5 atom stereocenters. The van der Waals surface area contributed by atoms with Crippen molar-refractivity contribution in [3.05, 3.63) is 94.6 Å². The highest BCUT2D eigenvalue weighted by Gasteiger charge is 2.51. The van der Waals surface area contributed by atoms with Gasteiger partial charge < -0.3 is 40.1 Å². The molecule has 67 heavy (non-hydrogen) atoms. The Morgan fingerprint density at radius 2 is 1.66 bits per heavy atom. The zero-order valence-electron chi connectivity index (χ0n) is 37.5. The monoisotopic (exact) mass is 963 g/mol. The highest BCUT2D eigenvalue weighted by atomic mass is 32.1. The molecule has 0 aliphatic carbocycles. The maximum Gasteiger partial charge on any atom is 0.417 e. The summed E-state index contributed by atoms with van der Waals surface area (Å²) in [5.74, 6) is -1.14. The van der Waals surface area contributed by atoms with Crippen LogP contribution in [0.25, 0.3) is 10.4 Å². The number of nitrogens with one attached hydrogen (secondary N) is 2. The minimum Gasteiger partial charge on any atom is -0.494 e. The molecule has 3 heterocycles. The molecule has 356 valence electrons. The Hall–Kier alpha value is -6.14. The molecule has 2 saturated heterocycles. The van der Waals surface area contributed by atoms with Crippen LogP contribution in [0, 0.1) is 18.3 Å². The van der Waals surface area contributed by atoms with Gasteiger partial charge in [-0.15, -0.1) is 11.3 Å². The number of carbonyl (C=O) groups is 4. The normalized spacial score (nSPS) is 18.4. The molecule has 0 saturated carbocycles. The summed E-state index contributed by atoms with van der Waals surface area (Å²) < 4.78 is 53.0. The first-order valence-corrected chi connectivity index (χ1v) is 22.9. The number of carbonyl (C=O) groups excluding carboxylic acids is 3. The first-order valence-electron chi connectivity index (χ1n) is 21.7. The molecule has 4 aromatic rings. The van der Waals surface area contributed by atoms with Crippen LogP contribution in [-0.2, 0) is 25.3 Å². The molecular weight excluding hydrogens is 912 g/mol. The van der Waals surface area contributed by atoms with Gasteiger partial charge in [0, 0.05) is 25.3 Å². The summed E-state index contributed by atoms with van der Waals surface area (Å²) in [4.78, 5) is 61.9. The largest absolute Gasteiger partial charge is 0.494 e. The number of ether oxygens (including phenoxy) is 2. The number of aliphatic hydroxyl groups is 1. The number of thiocarbonyl (C=S) groups is 1. The van der Waals surface area contributed by atoms with Gasteiger partial charge in [0.1, 0.15) is 23.4 Å². The van der Waals surface area contributed by atoms with Gasteiger partial charge in [0.25, 0.3) is 5.91 Å². The second-order valence-electron chi connectivity index (χ2n) is 16.9. The third-order valence-electron chi connectivity index (χ3n) is 11.8. The maximum atomic E-state index is 13.9. The Morgan fingerprint density at radius 3 is 2.27 bits per heavy atom. The quantitative estimate of drug-likeness (QED) is 0.0560. The Bertz CT molecular complexity index is 2500. The van der Waals surface area contributed by atoms with Crippen LogP contribution in [0.3, 0.4) is 0 Å². The van der Waals surface area contributed by atoms with Gasteiger partial charge in [-0.25, -0.2) is 9.78 Å². The summed E-state index contributed by atoms with van der Waals surface area (Å²) >= 11 is 7.16. The van der Waals surface area contributed by atoms with Crippen molar-refractivity contribution in [1.29, 1.82) is 5.26 Å². The van der Waals surface area contributed by atoms with Crippen molar-refractivity contribution >= 4 is 63.9 Å². The number of aliphatic hydroxyl groups excluding tert-OH is 1. The van der Waals surface area contributed by atoms with E-state index >= 15 is 0 Å². The number of β-amino-alcohol motifs (C(OH)–C–C–N with tert-alkyl or cyclic N) is 1. The molecule has 15 nitrogen and oxygen atoms in total. The lowest BCUT2D eigenvalue weighted by Gasteiger charge is -2.31. The van der Waals surface area contributed by atoms with Gasteiger partial charge in [-0.3, -0.25) is 19.3 Å². The zero-order chi connectivity index (χ0) is 48.8. The van der Waals surface area contributed by atoms with E-state index in [1.807, 2.05) is 38.1 Å². The lowest BCUT2D eigenvalue weighted by atomic mass is 10.0. The summed E-state index contributed by atoms with van der Waals surface area (Å²) in [7, 11) is 0. The number of aromatic nitrogens is 1. The van der Waals surface area contributed by atoms with Gasteiger partial charge in [0.2, 0.25) is 11.8 Å². The number of nitrogens with zero attached hydrogens (tertiary/aromatic N) is 5. The van der Waals surface area contributed by atoms with Crippen LogP contribution in [0.2, 0.25) is 0 Å². The maximum absolute atomic E-state index is 13.9. The molecule has 0 radical (unpaired) electrons. The number of unbranched alkanes of at least 4 members (excludes halogenated alkanes) is 3. The number of hydrogen-bond acceptors (Lipinski definition) is 11. The van der Waals surface area contributed by atoms with E-state index in [0.29, 0.717) is 30.9 Å². The fourth-order valence-electron chi connectivity index (χ4n) is 8.16. The molecule has 0 bridgehead atoms. The van der Waals surface area contributed by atoms with Crippen LogP contribution in [0.5, 0.6) is 5.75 Å². The number of carboxylic acid groups (broad SMARTS) is 1. The molecule has 3 aromatic carbocycles. The second-order valence-corrected chi connectivity index (χ2v) is 18.2. The highest BCUT2D eigenvalue weighted by molar-refractivity contribution is 7.81. The number of aryl methyl sites for hydroxylation is 1. The number of halogens is 3. The molecular formula is C47H52F3N7O8S2. The average Bonchev–Trinajstić information content (AvgIpc) is 3.95. The number of benzene rings is 3. The smallest absolute Gasteiger partial charge is 0.417 e. The van der Waals surface area contributed by atoms with Gasteiger partial charge in [0.15, 0.2) is 5.11 Å². The second kappa shape index (κ2) is 21.2. The number of thiazole rings is 1. The summed E-state index contributed by atoms with van der Waals surface area (Å²) in [6.07, 6.45) is -5.34. The number of rotatable bonds is 18. The van der Waals surface area contributed by atoms with E-state index in [-0.39, 0.29) is 30.4 Å². The van der Waals surface area contributed by atoms with Crippen molar-refractivity contribution in [2.24, 2.45) is 0 Å². The van der Waals surface area contributed by atoms with Crippen molar-refractivity contribution in [3.63, 3.8) is 0 Å². The van der Waals surface area contributed by atoms with Gasteiger partial charge in [0.05, 0.1) is 63.8 Å². The number of alkyl halides is 3. The van der Waals surface area contributed by atoms with Crippen LogP contribution in [-0.4, -0.2) is 98.6 Å². The van der Waals surface area contributed by atoms with Gasteiger partial charge >= 0.3 is 12.3 Å². The van der Waals surface area contributed by atoms with E-state index < -0.39 is 77.0 Å². The Morgan fingerprint density at radius 1 is 1.00 bits per heavy atom. The fraction of sp³-hybridized carbons (Fsp3) is 0.426. The van der Waals surface area contributed by atoms with Crippen molar-refractivity contribution < 1.29 is 52.0 Å². The van der Waals surface area contributed by atoms with E-state index in [4.69, 9.17) is 21.7 Å². The van der Waals surface area contributed by atoms with Crippen LogP contribution in [0.15, 0.2) is 72.2 Å². The topological polar surface area (TPSA) is 198 Å². The predicted molar refractivity (Wildman–Crippen MR) is 249 cm³/mol. The van der Waals surface area contributed by atoms with E-state index in [1.165, 1.54) is 28.4 Å². The average molecular weight is 964 g/mol. The molecule has 20 heteroatoms. The molecule has 2 aliphatic rings. The molecule has 4 amide bonds. The minimum atomic E-state index is -4.81. The molecule has 1 aromatic heterocycles. The van der Waals surface area contributed by atoms with E-state index in [0.717, 1.165) is 51.6 Å². The van der Waals surface area contributed by atoms with Gasteiger partial charge in [-0.1, -0.05) is 30.7 Å². The van der Waals surface area contributed by atoms with Crippen molar-refractivity contribution in [2.75, 3.05) is 29.6 Å². The molecule has 3 unspecified atom stereocenters. The van der Waals surface area contributed by atoms with E-state index in [9.17, 15) is 47.8 Å². The first kappa shape index (κ1) is 50.3. The van der Waals surface area contributed by atoms with Crippen molar-refractivity contribution in [3.8, 4) is 22.3 Å². The zero-order valence-corrected chi connectivity index (χ0v) is 39.1. The number of likely N-dealkylation sites (tertiary alicyclic amines) is 1. The predicted octanol–water partition coefficient (Wildman–Crippen LogP) is 7.75. The number of nitriles is 1. The van der Waals surface area contributed by atoms with E-state index in [1.54, 1.807) is 55.4 Å². The van der Waals surface area contributed by atoms with Crippen molar-refractivity contribution in [1.82, 2.24) is 20.5 Å². The Balaban J connectivity index is 0.947. The summed E-state index contributed by atoms with van der Waals surface area (Å²) in [6.45, 7) is 9.02. The third kappa shape index (κ3) is 11.5. The van der Waals surface area contributed by atoms with Crippen LogP contribution in [0.1, 0.15) is 88.2 Å². The number of amides is 4. The van der Waals surface area contributed by atoms with Crippen LogP contribution < -0.4 is 25.2 Å². The van der Waals surface area contributed by atoms with E-state index in [2.05, 4.69) is 15.6 Å². The SMILES string of the molecule is Cc1ncsc1-c1ccc(C(C)NC(=O)[C@@H]2C[C@@H](O)CN2C(=O)C(NC(=O)O)C(C)OCCCCCCOc2ccc(N3C(=S)N(c4ccc(C#N)c(C(F)(F)F)c4)C(=O)C3(C)C)cc2)cc1. The minimum absolute atomic E-state index is 0.00748. The standard InChI is InChI=1S/C47H52F3N7O8S2/c1-27(30-10-12-31(13-11-30)40-28(2)52-26-67-40)53-41(59)38-23-35(58)25-55(38)42(60)39(54-44(62)63)29(3)64-20-8-6-7-9-21-65-36-18-16-33(17-19-36)57-45(66)56(43(61)46(57,4)5)34-15-14-32(24-51)37(22-34)47(48,49)50/h10-19,22,26-27,29,35,38-39,54,58H,6-9,20-21,23,25H2,1-5H3,(H,53,59)(H,62,63)/t27?,29?,35-,38+,39?/m1/s1. The highest BCUT2D eigenvalue weighted by Crippen LogP contribution is 2.40. The fourth-order valence-corrected chi connectivity index (χ4v) is 9.49. The summed E-state index contributed by atoms with van der Waals surface area (Å²) in [5.41, 5.74) is 2.00. The molecule has 0 spiro atoms. The number of hydrogen-bond donors (Lipinski definition) is 4. The summed E-state index contributed by atoms with van der Waals surface area (Å²) in [6, 6.07) is 16.3. The molecule has 4 N–H and O–H groups in total. The van der Waals surface area contributed by atoms with Crippen molar-refractivity contribution in [2.45, 2.75) is 109 Å². The molecule has 2 aliphatic heterocycles. The molecule has 6 rings (SSSR count). The first-order chi connectivity index (χ1) is 31.7. The van der Waals surface area contributed by atoms with Gasteiger partial charge in [-0.2, -0.15) is 18.4 Å². The van der Waals surface area contributed by atoms with Gasteiger partial charge in [-0.05, 0) is 120 Å². The van der Waals surface area contributed by atoms with Crippen LogP contribution >= 0.6 is 23.6 Å². The summed E-state index contributed by atoms with van der Waals surface area (Å²) in [5, 5.41) is 34.5. The Kier molecular flexibility index (Phi) is 15.9. The Labute approximate surface area is 395 Å². The molecule has 2 fully saturated rings. The van der Waals surface area contributed by atoms with Crippen LogP contribution in [0.4, 0.5) is 29.3 Å². The third-order valence-corrected chi connectivity index (χ3v) is 13.1. The lowest BCUT2D eigenvalue weighted by Crippen LogP contribution is -2.57.